The van der Waals surface area contributed by atoms with Crippen molar-refractivity contribution >= 4 is 27.4 Å². The summed E-state index contributed by atoms with van der Waals surface area (Å²) >= 11 is 1.48. The summed E-state index contributed by atoms with van der Waals surface area (Å²) in [6.45, 7) is 4.54. The highest BCUT2D eigenvalue weighted by Crippen LogP contribution is 2.27. The van der Waals surface area contributed by atoms with Crippen molar-refractivity contribution < 1.29 is 4.39 Å². The van der Waals surface area contributed by atoms with Gasteiger partial charge in [0.2, 0.25) is 0 Å². The maximum absolute atomic E-state index is 13.3. The van der Waals surface area contributed by atoms with Gasteiger partial charge in [0.1, 0.15) is 16.6 Å². The van der Waals surface area contributed by atoms with Gasteiger partial charge in [0.05, 0.1) is 16.3 Å². The Bertz CT molecular complexity index is 845. The third-order valence-electron chi connectivity index (χ3n) is 4.48. The summed E-state index contributed by atoms with van der Waals surface area (Å²) in [5.41, 5.74) is 7.18. The van der Waals surface area contributed by atoms with Gasteiger partial charge in [-0.25, -0.2) is 14.4 Å². The van der Waals surface area contributed by atoms with Crippen LogP contribution in [0, 0.1) is 5.82 Å². The average molecular weight is 357 g/mol. The fourth-order valence-electron chi connectivity index (χ4n) is 3.13. The van der Waals surface area contributed by atoms with Gasteiger partial charge in [-0.1, -0.05) is 6.07 Å². The molecule has 5 nitrogen and oxygen atoms in total. The molecule has 0 aliphatic carbocycles. The Morgan fingerprint density at radius 1 is 1.16 bits per heavy atom. The van der Waals surface area contributed by atoms with E-state index in [-0.39, 0.29) is 11.9 Å². The molecule has 130 valence electrons. The van der Waals surface area contributed by atoms with E-state index in [1.165, 1.54) is 23.5 Å². The van der Waals surface area contributed by atoms with Gasteiger partial charge in [0.15, 0.2) is 0 Å². The highest BCUT2D eigenvalue weighted by atomic mass is 32.1. The molecule has 2 N–H and O–H groups in total. The molecular weight excluding hydrogens is 337 g/mol. The molecule has 7 heteroatoms. The first-order valence-corrected chi connectivity index (χ1v) is 9.20. The van der Waals surface area contributed by atoms with Crippen LogP contribution in [0.1, 0.15) is 11.0 Å². The van der Waals surface area contributed by atoms with E-state index >= 15 is 0 Å². The molecule has 1 atom stereocenters. The highest BCUT2D eigenvalue weighted by molar-refractivity contribution is 7.18. The van der Waals surface area contributed by atoms with Crippen molar-refractivity contribution in [2.45, 2.75) is 6.04 Å². The standard InChI is InChI=1S/C18H20FN5S/c19-13-4-5-15-16(11-13)25-18(22-15)14(20)12-23-7-9-24(10-8-23)17-3-1-2-6-21-17/h1-6,11,14H,7-10,12,20H2. The molecule has 4 rings (SSSR count). The summed E-state index contributed by atoms with van der Waals surface area (Å²) in [7, 11) is 0. The minimum atomic E-state index is -0.234. The number of pyridine rings is 1. The Kier molecular flexibility index (Phi) is 4.61. The lowest BCUT2D eigenvalue weighted by atomic mass is 10.2. The van der Waals surface area contributed by atoms with Crippen molar-refractivity contribution in [2.24, 2.45) is 5.73 Å². The second-order valence-corrected chi connectivity index (χ2v) is 7.31. The molecule has 0 spiro atoms. The number of hydrogen-bond donors (Lipinski definition) is 1. The van der Waals surface area contributed by atoms with E-state index in [1.807, 2.05) is 24.4 Å². The molecule has 1 aliphatic rings. The van der Waals surface area contributed by atoms with Gasteiger partial charge in [-0.05, 0) is 30.3 Å². The largest absolute Gasteiger partial charge is 0.354 e. The summed E-state index contributed by atoms with van der Waals surface area (Å²) < 4.78 is 14.2. The second-order valence-electron chi connectivity index (χ2n) is 6.25. The van der Waals surface area contributed by atoms with Crippen LogP contribution in [0.2, 0.25) is 0 Å². The molecular formula is C18H20FN5S. The number of nitrogens with two attached hydrogens (primary N) is 1. The maximum Gasteiger partial charge on any atom is 0.128 e. The van der Waals surface area contributed by atoms with Gasteiger partial charge in [0, 0.05) is 38.9 Å². The molecule has 0 bridgehead atoms. The average Bonchev–Trinajstić information content (AvgIpc) is 3.06. The van der Waals surface area contributed by atoms with E-state index in [0.29, 0.717) is 0 Å². The topological polar surface area (TPSA) is 58.3 Å². The predicted octanol–water partition coefficient (Wildman–Crippen LogP) is 2.65. The van der Waals surface area contributed by atoms with E-state index in [0.717, 1.165) is 53.8 Å². The number of rotatable bonds is 4. The molecule has 1 aliphatic heterocycles. The van der Waals surface area contributed by atoms with Gasteiger partial charge in [-0.3, -0.25) is 4.90 Å². The molecule has 2 aromatic heterocycles. The number of anilines is 1. The number of aromatic nitrogens is 2. The van der Waals surface area contributed by atoms with Crippen LogP contribution in [0.3, 0.4) is 0 Å². The molecule has 3 aromatic rings. The van der Waals surface area contributed by atoms with Gasteiger partial charge < -0.3 is 10.6 Å². The van der Waals surface area contributed by atoms with Crippen molar-refractivity contribution in [1.82, 2.24) is 14.9 Å². The molecule has 0 saturated carbocycles. The lowest BCUT2D eigenvalue weighted by Crippen LogP contribution is -2.48. The third kappa shape index (κ3) is 3.63. The monoisotopic (exact) mass is 357 g/mol. The smallest absolute Gasteiger partial charge is 0.128 e. The zero-order chi connectivity index (χ0) is 17.2. The quantitative estimate of drug-likeness (QED) is 0.778. The molecule has 1 aromatic carbocycles. The Morgan fingerprint density at radius 3 is 2.76 bits per heavy atom. The van der Waals surface area contributed by atoms with E-state index in [9.17, 15) is 4.39 Å². The number of thiazole rings is 1. The molecule has 25 heavy (non-hydrogen) atoms. The van der Waals surface area contributed by atoms with Crippen LogP contribution in [0.5, 0.6) is 0 Å². The third-order valence-corrected chi connectivity index (χ3v) is 5.63. The predicted molar refractivity (Wildman–Crippen MR) is 99.4 cm³/mol. The van der Waals surface area contributed by atoms with Gasteiger partial charge >= 0.3 is 0 Å². The van der Waals surface area contributed by atoms with Crippen molar-refractivity contribution in [3.63, 3.8) is 0 Å². The summed E-state index contributed by atoms with van der Waals surface area (Å²) in [6.07, 6.45) is 1.83. The SMILES string of the molecule is NC(CN1CCN(c2ccccn2)CC1)c1nc2ccc(F)cc2s1. The zero-order valence-corrected chi connectivity index (χ0v) is 14.6. The number of nitrogens with zero attached hydrogens (tertiary/aromatic N) is 4. The van der Waals surface area contributed by atoms with Crippen LogP contribution < -0.4 is 10.6 Å². The van der Waals surface area contributed by atoms with Crippen LogP contribution >= 0.6 is 11.3 Å². The zero-order valence-electron chi connectivity index (χ0n) is 13.8. The minimum Gasteiger partial charge on any atom is -0.354 e. The lowest BCUT2D eigenvalue weighted by Gasteiger charge is -2.36. The Balaban J connectivity index is 1.37. The van der Waals surface area contributed by atoms with Crippen molar-refractivity contribution in [3.8, 4) is 0 Å². The number of halogens is 1. The van der Waals surface area contributed by atoms with Crippen LogP contribution in [0.15, 0.2) is 42.6 Å². The normalized spacial score (nSPS) is 17.1. The Morgan fingerprint density at radius 2 is 2.00 bits per heavy atom. The molecule has 1 unspecified atom stereocenters. The highest BCUT2D eigenvalue weighted by Gasteiger charge is 2.21. The summed E-state index contributed by atoms with van der Waals surface area (Å²) in [6, 6.07) is 10.5. The van der Waals surface area contributed by atoms with Gasteiger partial charge in [-0.2, -0.15) is 0 Å². The van der Waals surface area contributed by atoms with Crippen molar-refractivity contribution in [2.75, 3.05) is 37.6 Å². The Labute approximate surface area is 149 Å². The Hall–Kier alpha value is -2.09. The first-order valence-electron chi connectivity index (χ1n) is 8.39. The lowest BCUT2D eigenvalue weighted by molar-refractivity contribution is 0.243. The summed E-state index contributed by atoms with van der Waals surface area (Å²) in [5, 5.41) is 0.868. The molecule has 0 radical (unpaired) electrons. The number of fused-ring (bicyclic) bond motifs is 1. The number of benzene rings is 1. The summed E-state index contributed by atoms with van der Waals surface area (Å²) in [4.78, 5) is 13.6. The van der Waals surface area contributed by atoms with E-state index in [4.69, 9.17) is 5.73 Å². The first-order chi connectivity index (χ1) is 12.2. The van der Waals surface area contributed by atoms with Crippen LogP contribution in [0.4, 0.5) is 10.2 Å². The van der Waals surface area contributed by atoms with Crippen LogP contribution in [0.25, 0.3) is 10.2 Å². The molecule has 1 saturated heterocycles. The molecule has 3 heterocycles. The molecule has 0 amide bonds. The van der Waals surface area contributed by atoms with Crippen LogP contribution in [-0.4, -0.2) is 47.6 Å². The summed E-state index contributed by atoms with van der Waals surface area (Å²) in [5.74, 6) is 0.793. The van der Waals surface area contributed by atoms with E-state index in [1.54, 1.807) is 6.07 Å². The fourth-order valence-corrected chi connectivity index (χ4v) is 4.12. The first kappa shape index (κ1) is 16.4. The van der Waals surface area contributed by atoms with Gasteiger partial charge in [-0.15, -0.1) is 11.3 Å². The number of piperazine rings is 1. The van der Waals surface area contributed by atoms with Crippen molar-refractivity contribution in [1.29, 1.82) is 0 Å². The van der Waals surface area contributed by atoms with Gasteiger partial charge in [0.25, 0.3) is 0 Å². The minimum absolute atomic E-state index is 0.151. The van der Waals surface area contributed by atoms with E-state index in [2.05, 4.69) is 19.8 Å². The number of hydrogen-bond acceptors (Lipinski definition) is 6. The van der Waals surface area contributed by atoms with E-state index < -0.39 is 0 Å². The maximum atomic E-state index is 13.3. The van der Waals surface area contributed by atoms with Crippen LogP contribution in [-0.2, 0) is 0 Å². The second kappa shape index (κ2) is 7.03. The van der Waals surface area contributed by atoms with Crippen molar-refractivity contribution in [3.05, 3.63) is 53.4 Å². The molecule has 1 fully saturated rings. The fraction of sp³-hybridized carbons (Fsp3) is 0.333.